The van der Waals surface area contributed by atoms with E-state index in [-0.39, 0.29) is 12.5 Å². The van der Waals surface area contributed by atoms with Crippen LogP contribution in [0.15, 0.2) is 45.5 Å². The first-order valence-electron chi connectivity index (χ1n) is 7.20. The minimum Gasteiger partial charge on any atom is -0.496 e. The number of benzene rings is 1. The zero-order valence-corrected chi connectivity index (χ0v) is 14.5. The van der Waals surface area contributed by atoms with Crippen LogP contribution < -0.4 is 4.74 Å². The number of carbonyl (C=O) groups excluding carboxylic acids is 1. The van der Waals surface area contributed by atoms with Gasteiger partial charge in [-0.3, -0.25) is 4.79 Å². The van der Waals surface area contributed by atoms with E-state index < -0.39 is 0 Å². The van der Waals surface area contributed by atoms with Gasteiger partial charge in [-0.1, -0.05) is 12.0 Å². The number of carbonyl (C=O) groups is 1. The molecule has 0 saturated heterocycles. The van der Waals surface area contributed by atoms with Crippen LogP contribution in [0.1, 0.15) is 17.7 Å². The van der Waals surface area contributed by atoms with Gasteiger partial charge in [-0.25, -0.2) is 0 Å². The third kappa shape index (κ3) is 4.90. The summed E-state index contributed by atoms with van der Waals surface area (Å²) in [6, 6.07) is 9.42. The first kappa shape index (κ1) is 17.2. The number of halogens is 1. The Morgan fingerprint density at radius 3 is 2.87 bits per heavy atom. The van der Waals surface area contributed by atoms with E-state index in [2.05, 4.69) is 21.9 Å². The third-order valence-electron chi connectivity index (χ3n) is 3.41. The Morgan fingerprint density at radius 2 is 2.26 bits per heavy atom. The van der Waals surface area contributed by atoms with Crippen molar-refractivity contribution in [2.45, 2.75) is 19.4 Å². The summed E-state index contributed by atoms with van der Waals surface area (Å²) in [6.07, 6.45) is 7.98. The Kier molecular flexibility index (Phi) is 6.30. The lowest BCUT2D eigenvalue weighted by atomic mass is 10.1. The first-order chi connectivity index (χ1) is 11.1. The molecule has 2 aromatic rings. The predicted octanol–water partition coefficient (Wildman–Crippen LogP) is 3.65. The van der Waals surface area contributed by atoms with Crippen molar-refractivity contribution >= 4 is 21.8 Å². The molecule has 1 heterocycles. The van der Waals surface area contributed by atoms with Gasteiger partial charge in [0.2, 0.25) is 5.91 Å². The molecule has 0 fully saturated rings. The molecule has 0 unspecified atom stereocenters. The van der Waals surface area contributed by atoms with Gasteiger partial charge in [-0.05, 0) is 52.2 Å². The van der Waals surface area contributed by atoms with Gasteiger partial charge in [-0.15, -0.1) is 6.42 Å². The molecule has 0 saturated carbocycles. The van der Waals surface area contributed by atoms with E-state index in [1.807, 2.05) is 24.3 Å². The Bertz CT molecular complexity index is 689. The number of aryl methyl sites for hydroxylation is 1. The summed E-state index contributed by atoms with van der Waals surface area (Å²) in [5, 5.41) is 0. The number of hydrogen-bond acceptors (Lipinski definition) is 3. The zero-order chi connectivity index (χ0) is 16.7. The van der Waals surface area contributed by atoms with Crippen LogP contribution in [-0.2, 0) is 17.8 Å². The second-order valence-electron chi connectivity index (χ2n) is 5.00. The minimum atomic E-state index is 0.00582. The number of furan rings is 1. The lowest BCUT2D eigenvalue weighted by Crippen LogP contribution is -2.30. The summed E-state index contributed by atoms with van der Waals surface area (Å²) >= 11 is 3.45. The summed E-state index contributed by atoms with van der Waals surface area (Å²) in [6.45, 7) is 0.661. The fourth-order valence-corrected chi connectivity index (χ4v) is 2.80. The van der Waals surface area contributed by atoms with Crippen LogP contribution in [0.4, 0.5) is 0 Å². The molecular formula is C18H18BrNO3. The van der Waals surface area contributed by atoms with E-state index >= 15 is 0 Å². The average molecular weight is 376 g/mol. The number of rotatable bonds is 7. The highest BCUT2D eigenvalue weighted by atomic mass is 79.9. The minimum absolute atomic E-state index is 0.00582. The number of hydrogen-bond donors (Lipinski definition) is 0. The maximum absolute atomic E-state index is 12.4. The first-order valence-corrected chi connectivity index (χ1v) is 7.99. The van der Waals surface area contributed by atoms with Gasteiger partial charge in [0.05, 0.1) is 30.9 Å². The summed E-state index contributed by atoms with van der Waals surface area (Å²) in [7, 11) is 1.62. The van der Waals surface area contributed by atoms with Gasteiger partial charge in [0.25, 0.3) is 0 Å². The van der Waals surface area contributed by atoms with Crippen molar-refractivity contribution in [3.05, 3.63) is 52.4 Å². The Hall–Kier alpha value is -2.19. The third-order valence-corrected chi connectivity index (χ3v) is 4.03. The Balaban J connectivity index is 1.96. The van der Waals surface area contributed by atoms with E-state index in [9.17, 15) is 4.79 Å². The van der Waals surface area contributed by atoms with Gasteiger partial charge in [-0.2, -0.15) is 0 Å². The molecule has 0 aliphatic carbocycles. The van der Waals surface area contributed by atoms with Crippen molar-refractivity contribution in [2.24, 2.45) is 0 Å². The Labute approximate surface area is 144 Å². The quantitative estimate of drug-likeness (QED) is 0.693. The van der Waals surface area contributed by atoms with Crippen molar-refractivity contribution in [1.29, 1.82) is 0 Å². The second-order valence-corrected chi connectivity index (χ2v) is 5.86. The molecule has 23 heavy (non-hydrogen) atoms. The number of ether oxygens (including phenoxy) is 1. The fourth-order valence-electron chi connectivity index (χ4n) is 2.21. The molecule has 0 aliphatic rings. The molecule has 1 amide bonds. The fraction of sp³-hybridized carbons (Fsp3) is 0.278. The maximum atomic E-state index is 12.4. The van der Waals surface area contributed by atoms with Crippen LogP contribution in [0.2, 0.25) is 0 Å². The predicted molar refractivity (Wildman–Crippen MR) is 92.0 cm³/mol. The molecule has 1 aromatic carbocycles. The number of amides is 1. The lowest BCUT2D eigenvalue weighted by Gasteiger charge is -2.19. The molecule has 0 atom stereocenters. The molecule has 0 bridgehead atoms. The van der Waals surface area contributed by atoms with Gasteiger partial charge in [0.15, 0.2) is 0 Å². The van der Waals surface area contributed by atoms with Crippen LogP contribution in [0.5, 0.6) is 5.75 Å². The molecule has 0 radical (unpaired) electrons. The van der Waals surface area contributed by atoms with Crippen molar-refractivity contribution in [3.8, 4) is 18.1 Å². The lowest BCUT2D eigenvalue weighted by molar-refractivity contribution is -0.131. The summed E-state index contributed by atoms with van der Waals surface area (Å²) in [5.41, 5.74) is 1.06. The van der Waals surface area contributed by atoms with Crippen LogP contribution in [0.25, 0.3) is 0 Å². The van der Waals surface area contributed by atoms with Crippen molar-refractivity contribution < 1.29 is 13.9 Å². The standard InChI is InChI=1S/C18H18BrNO3/c1-3-10-20(13-15-5-4-11-23-15)18(21)9-7-14-6-8-17(22-2)16(19)12-14/h1,4-6,8,11-12H,7,9-10,13H2,2H3. The largest absolute Gasteiger partial charge is 0.496 e. The van der Waals surface area contributed by atoms with Crippen LogP contribution in [0.3, 0.4) is 0 Å². The van der Waals surface area contributed by atoms with E-state index in [0.717, 1.165) is 21.5 Å². The van der Waals surface area contributed by atoms with Crippen molar-refractivity contribution in [2.75, 3.05) is 13.7 Å². The highest BCUT2D eigenvalue weighted by molar-refractivity contribution is 9.10. The number of terminal acetylenes is 1. The van der Waals surface area contributed by atoms with E-state index in [4.69, 9.17) is 15.6 Å². The van der Waals surface area contributed by atoms with Crippen molar-refractivity contribution in [1.82, 2.24) is 4.90 Å². The average Bonchev–Trinajstić information content (AvgIpc) is 3.05. The van der Waals surface area contributed by atoms with Gasteiger partial charge in [0, 0.05) is 6.42 Å². The van der Waals surface area contributed by atoms with Crippen LogP contribution >= 0.6 is 15.9 Å². The van der Waals surface area contributed by atoms with Crippen molar-refractivity contribution in [3.63, 3.8) is 0 Å². The molecule has 2 rings (SSSR count). The second kappa shape index (κ2) is 8.44. The molecule has 5 heteroatoms. The molecule has 4 nitrogen and oxygen atoms in total. The monoisotopic (exact) mass is 375 g/mol. The molecular weight excluding hydrogens is 358 g/mol. The van der Waals surface area contributed by atoms with Gasteiger partial charge in [0.1, 0.15) is 11.5 Å². The van der Waals surface area contributed by atoms with Gasteiger partial charge >= 0.3 is 0 Å². The Morgan fingerprint density at radius 1 is 1.43 bits per heavy atom. The van der Waals surface area contributed by atoms with Crippen LogP contribution in [-0.4, -0.2) is 24.5 Å². The zero-order valence-electron chi connectivity index (χ0n) is 12.9. The van der Waals surface area contributed by atoms with Gasteiger partial charge < -0.3 is 14.1 Å². The molecule has 1 aromatic heterocycles. The number of nitrogens with zero attached hydrogens (tertiary/aromatic N) is 1. The topological polar surface area (TPSA) is 42.7 Å². The maximum Gasteiger partial charge on any atom is 0.224 e. The van der Waals surface area contributed by atoms with E-state index in [0.29, 0.717) is 19.4 Å². The highest BCUT2D eigenvalue weighted by Gasteiger charge is 2.14. The summed E-state index contributed by atoms with van der Waals surface area (Å²) in [5.74, 6) is 4.02. The SMILES string of the molecule is C#CCN(Cc1ccco1)C(=O)CCc1ccc(OC)c(Br)c1. The smallest absolute Gasteiger partial charge is 0.224 e. The molecule has 0 N–H and O–H groups in total. The van der Waals surface area contributed by atoms with E-state index in [1.165, 1.54) is 0 Å². The molecule has 0 spiro atoms. The van der Waals surface area contributed by atoms with E-state index in [1.54, 1.807) is 24.3 Å². The number of methoxy groups -OCH3 is 1. The normalized spacial score (nSPS) is 10.1. The summed E-state index contributed by atoms with van der Waals surface area (Å²) < 4.78 is 11.4. The summed E-state index contributed by atoms with van der Waals surface area (Å²) in [4.78, 5) is 14.0. The van der Waals surface area contributed by atoms with Crippen LogP contribution in [0, 0.1) is 12.3 Å². The molecule has 120 valence electrons. The molecule has 0 aliphatic heterocycles. The highest BCUT2D eigenvalue weighted by Crippen LogP contribution is 2.26.